The number of nitrogens with zero attached hydrogens (tertiary/aromatic N) is 2. The van der Waals surface area contributed by atoms with Crippen molar-refractivity contribution < 1.29 is 14.5 Å². The molecule has 0 saturated carbocycles. The van der Waals surface area contributed by atoms with Gasteiger partial charge in [-0.05, 0) is 49.6 Å². The third-order valence-electron chi connectivity index (χ3n) is 4.01. The molecule has 0 aliphatic carbocycles. The van der Waals surface area contributed by atoms with Crippen molar-refractivity contribution >= 4 is 11.6 Å². The Labute approximate surface area is 139 Å². The fourth-order valence-electron chi connectivity index (χ4n) is 2.74. The lowest BCUT2D eigenvalue weighted by Crippen LogP contribution is -2.35. The van der Waals surface area contributed by atoms with Crippen molar-refractivity contribution in [2.24, 2.45) is 0 Å². The fraction of sp³-hybridized carbons (Fsp3) is 0.278. The second kappa shape index (κ2) is 7.12. The van der Waals surface area contributed by atoms with Crippen LogP contribution >= 0.6 is 0 Å². The molecule has 0 aromatic heterocycles. The van der Waals surface area contributed by atoms with Gasteiger partial charge in [-0.15, -0.1) is 0 Å². The van der Waals surface area contributed by atoms with Gasteiger partial charge in [0.15, 0.2) is 0 Å². The molecular weight excluding hydrogens is 308 g/mol. The Balaban J connectivity index is 1.72. The number of piperidine rings is 1. The summed E-state index contributed by atoms with van der Waals surface area (Å²) in [5.74, 6) is 1.04. The molecule has 0 unspecified atom stereocenters. The number of carbonyl (C=O) groups excluding carboxylic acids is 1. The van der Waals surface area contributed by atoms with Gasteiger partial charge in [0.2, 0.25) is 0 Å². The largest absolute Gasteiger partial charge is 0.457 e. The monoisotopic (exact) mass is 326 g/mol. The molecule has 1 aliphatic heterocycles. The minimum Gasteiger partial charge on any atom is -0.457 e. The predicted molar refractivity (Wildman–Crippen MR) is 89.4 cm³/mol. The van der Waals surface area contributed by atoms with E-state index >= 15 is 0 Å². The number of nitro groups is 1. The molecule has 2 aromatic carbocycles. The average Bonchev–Trinajstić information content (AvgIpc) is 2.62. The number of benzene rings is 2. The summed E-state index contributed by atoms with van der Waals surface area (Å²) in [5, 5.41) is 10.7. The zero-order chi connectivity index (χ0) is 16.9. The van der Waals surface area contributed by atoms with Crippen LogP contribution in [0.5, 0.6) is 11.5 Å². The van der Waals surface area contributed by atoms with E-state index in [4.69, 9.17) is 4.74 Å². The molecule has 0 N–H and O–H groups in total. The Morgan fingerprint density at radius 2 is 1.71 bits per heavy atom. The lowest BCUT2D eigenvalue weighted by atomic mass is 10.1. The van der Waals surface area contributed by atoms with Crippen LogP contribution in [-0.2, 0) is 0 Å². The number of non-ortho nitro benzene ring substituents is 1. The Morgan fingerprint density at radius 3 is 2.38 bits per heavy atom. The van der Waals surface area contributed by atoms with E-state index in [0.717, 1.165) is 25.9 Å². The molecule has 0 bridgehead atoms. The quantitative estimate of drug-likeness (QED) is 0.628. The van der Waals surface area contributed by atoms with Crippen LogP contribution < -0.4 is 4.74 Å². The third kappa shape index (κ3) is 3.71. The number of rotatable bonds is 4. The van der Waals surface area contributed by atoms with E-state index in [0.29, 0.717) is 17.1 Å². The number of ether oxygens (including phenoxy) is 1. The van der Waals surface area contributed by atoms with Gasteiger partial charge in [-0.1, -0.05) is 6.07 Å². The maximum atomic E-state index is 12.5. The highest BCUT2D eigenvalue weighted by Gasteiger charge is 2.18. The zero-order valence-electron chi connectivity index (χ0n) is 13.2. The van der Waals surface area contributed by atoms with Gasteiger partial charge >= 0.3 is 0 Å². The Kier molecular flexibility index (Phi) is 4.74. The second-order valence-electron chi connectivity index (χ2n) is 5.73. The van der Waals surface area contributed by atoms with Gasteiger partial charge in [-0.25, -0.2) is 0 Å². The Morgan fingerprint density at radius 1 is 1.00 bits per heavy atom. The van der Waals surface area contributed by atoms with Crippen LogP contribution in [0.1, 0.15) is 29.6 Å². The number of hydrogen-bond acceptors (Lipinski definition) is 4. The van der Waals surface area contributed by atoms with E-state index < -0.39 is 4.92 Å². The minimum absolute atomic E-state index is 0.0105. The van der Waals surface area contributed by atoms with Crippen LogP contribution in [0.4, 0.5) is 5.69 Å². The maximum Gasteiger partial charge on any atom is 0.269 e. The lowest BCUT2D eigenvalue weighted by Gasteiger charge is -2.26. The molecule has 0 atom stereocenters. The van der Waals surface area contributed by atoms with Crippen molar-refractivity contribution in [3.8, 4) is 11.5 Å². The molecule has 24 heavy (non-hydrogen) atoms. The van der Waals surface area contributed by atoms with E-state index in [2.05, 4.69) is 0 Å². The van der Waals surface area contributed by atoms with Gasteiger partial charge in [-0.3, -0.25) is 14.9 Å². The van der Waals surface area contributed by atoms with Gasteiger partial charge in [0.1, 0.15) is 11.5 Å². The van der Waals surface area contributed by atoms with Gasteiger partial charge in [0.05, 0.1) is 4.92 Å². The van der Waals surface area contributed by atoms with E-state index in [1.807, 2.05) is 4.90 Å². The highest BCUT2D eigenvalue weighted by molar-refractivity contribution is 5.94. The van der Waals surface area contributed by atoms with Crippen LogP contribution in [0, 0.1) is 10.1 Å². The molecule has 0 radical (unpaired) electrons. The fourth-order valence-corrected chi connectivity index (χ4v) is 2.74. The van der Waals surface area contributed by atoms with Gasteiger partial charge in [0.25, 0.3) is 11.6 Å². The average molecular weight is 326 g/mol. The van der Waals surface area contributed by atoms with Crippen molar-refractivity contribution in [1.29, 1.82) is 0 Å². The van der Waals surface area contributed by atoms with Crippen LogP contribution in [0.3, 0.4) is 0 Å². The first-order valence-electron chi connectivity index (χ1n) is 7.95. The highest BCUT2D eigenvalue weighted by Crippen LogP contribution is 2.25. The number of carbonyl (C=O) groups is 1. The van der Waals surface area contributed by atoms with Crippen LogP contribution in [0.25, 0.3) is 0 Å². The summed E-state index contributed by atoms with van der Waals surface area (Å²) in [4.78, 5) is 24.6. The summed E-state index contributed by atoms with van der Waals surface area (Å²) in [5.41, 5.74) is 0.604. The Bertz CT molecular complexity index is 737. The van der Waals surface area contributed by atoms with Gasteiger partial charge in [0, 0.05) is 30.8 Å². The van der Waals surface area contributed by atoms with Crippen molar-refractivity contribution in [3.05, 3.63) is 64.2 Å². The summed E-state index contributed by atoms with van der Waals surface area (Å²) >= 11 is 0. The van der Waals surface area contributed by atoms with Crippen LogP contribution in [0.15, 0.2) is 48.5 Å². The van der Waals surface area contributed by atoms with Crippen LogP contribution in [0.2, 0.25) is 0 Å². The number of hydrogen-bond donors (Lipinski definition) is 0. The summed E-state index contributed by atoms with van der Waals surface area (Å²) < 4.78 is 5.70. The number of likely N-dealkylation sites (tertiary alicyclic amines) is 1. The molecule has 6 heteroatoms. The molecule has 0 spiro atoms. The number of nitro benzene ring substituents is 1. The normalized spacial score (nSPS) is 14.2. The smallest absolute Gasteiger partial charge is 0.269 e. The molecule has 6 nitrogen and oxygen atoms in total. The second-order valence-corrected chi connectivity index (χ2v) is 5.73. The number of amides is 1. The standard InChI is InChI=1S/C18H18N2O4/c21-18(19-11-2-1-3-12-19)14-5-4-6-17(13-14)24-16-9-7-15(8-10-16)20(22)23/h4-10,13H,1-3,11-12H2. The summed E-state index contributed by atoms with van der Waals surface area (Å²) in [7, 11) is 0. The molecular formula is C18H18N2O4. The molecule has 3 rings (SSSR count). The predicted octanol–water partition coefficient (Wildman–Crippen LogP) is 4.01. The van der Waals surface area contributed by atoms with Gasteiger partial charge < -0.3 is 9.64 Å². The van der Waals surface area contributed by atoms with Crippen molar-refractivity contribution in [2.45, 2.75) is 19.3 Å². The molecule has 2 aromatic rings. The lowest BCUT2D eigenvalue weighted by molar-refractivity contribution is -0.384. The molecule has 1 heterocycles. The van der Waals surface area contributed by atoms with E-state index in [1.165, 1.54) is 30.7 Å². The Hall–Kier alpha value is -2.89. The van der Waals surface area contributed by atoms with Crippen molar-refractivity contribution in [1.82, 2.24) is 4.90 Å². The van der Waals surface area contributed by atoms with Crippen molar-refractivity contribution in [3.63, 3.8) is 0 Å². The topological polar surface area (TPSA) is 72.7 Å². The summed E-state index contributed by atoms with van der Waals surface area (Å²) in [6.45, 7) is 1.60. The first-order valence-corrected chi connectivity index (χ1v) is 7.95. The molecule has 1 amide bonds. The third-order valence-corrected chi connectivity index (χ3v) is 4.01. The summed E-state index contributed by atoms with van der Waals surface area (Å²) in [6.07, 6.45) is 3.27. The van der Waals surface area contributed by atoms with E-state index in [1.54, 1.807) is 24.3 Å². The SMILES string of the molecule is O=C(c1cccc(Oc2ccc([N+](=O)[O-])cc2)c1)N1CCCCC1. The molecule has 124 valence electrons. The molecule has 1 saturated heterocycles. The first-order chi connectivity index (χ1) is 11.6. The molecule has 1 aliphatic rings. The van der Waals surface area contributed by atoms with Crippen LogP contribution in [-0.4, -0.2) is 28.8 Å². The van der Waals surface area contributed by atoms with E-state index in [9.17, 15) is 14.9 Å². The van der Waals surface area contributed by atoms with E-state index in [-0.39, 0.29) is 11.6 Å². The zero-order valence-corrected chi connectivity index (χ0v) is 13.2. The first kappa shape index (κ1) is 16.0. The highest BCUT2D eigenvalue weighted by atomic mass is 16.6. The van der Waals surface area contributed by atoms with Crippen molar-refractivity contribution in [2.75, 3.05) is 13.1 Å². The molecule has 1 fully saturated rings. The maximum absolute atomic E-state index is 12.5. The van der Waals surface area contributed by atoms with Gasteiger partial charge in [-0.2, -0.15) is 0 Å². The summed E-state index contributed by atoms with van der Waals surface area (Å²) in [6, 6.07) is 12.9. The minimum atomic E-state index is -0.457.